The Bertz CT molecular complexity index is 456. The normalized spacial score (nSPS) is 19.0. The molecule has 1 aliphatic rings. The Kier molecular flexibility index (Phi) is 8.04. The van der Waals surface area contributed by atoms with Crippen LogP contribution in [0.25, 0.3) is 0 Å². The van der Waals surface area contributed by atoms with Gasteiger partial charge in [0.05, 0.1) is 12.7 Å². The van der Waals surface area contributed by atoms with Gasteiger partial charge in [0.2, 0.25) is 0 Å². The lowest BCUT2D eigenvalue weighted by Gasteiger charge is -2.36. The molecule has 0 radical (unpaired) electrons. The molecule has 0 spiro atoms. The first-order valence-corrected chi connectivity index (χ1v) is 9.36. The van der Waals surface area contributed by atoms with Gasteiger partial charge in [-0.25, -0.2) is 0 Å². The summed E-state index contributed by atoms with van der Waals surface area (Å²) in [6, 6.07) is 8.32. The number of hydrogen-bond acceptors (Lipinski definition) is 3. The fourth-order valence-electron chi connectivity index (χ4n) is 3.68. The van der Waals surface area contributed by atoms with Crippen molar-refractivity contribution in [2.45, 2.75) is 58.0 Å². The number of ether oxygens (including phenoxy) is 3. The van der Waals surface area contributed by atoms with E-state index in [1.54, 1.807) is 14.2 Å². The predicted molar refractivity (Wildman–Crippen MR) is 96.3 cm³/mol. The zero-order valence-corrected chi connectivity index (χ0v) is 16.1. The van der Waals surface area contributed by atoms with Crippen LogP contribution in [0.15, 0.2) is 28.7 Å². The SMILES string of the molecule is COC(OC)[C@@H](C)[C@H](OCc1cccc(Br)c1)C1CCCCC1. The van der Waals surface area contributed by atoms with Crippen LogP contribution in [0, 0.1) is 11.8 Å². The van der Waals surface area contributed by atoms with Crippen molar-refractivity contribution in [2.24, 2.45) is 11.8 Å². The highest BCUT2D eigenvalue weighted by atomic mass is 79.9. The first kappa shape index (κ1) is 18.9. The zero-order valence-electron chi connectivity index (χ0n) is 14.5. The fourth-order valence-corrected chi connectivity index (χ4v) is 4.13. The summed E-state index contributed by atoms with van der Waals surface area (Å²) < 4.78 is 18.5. The van der Waals surface area contributed by atoms with Crippen LogP contribution in [0.1, 0.15) is 44.6 Å². The van der Waals surface area contributed by atoms with Crippen LogP contribution in [0.4, 0.5) is 0 Å². The molecule has 4 heteroatoms. The van der Waals surface area contributed by atoms with Crippen molar-refractivity contribution in [1.82, 2.24) is 0 Å². The van der Waals surface area contributed by atoms with E-state index < -0.39 is 0 Å². The highest BCUT2D eigenvalue weighted by Gasteiger charge is 2.33. The zero-order chi connectivity index (χ0) is 16.7. The predicted octanol–water partition coefficient (Wildman–Crippen LogP) is 5.17. The van der Waals surface area contributed by atoms with Gasteiger partial charge in [-0.2, -0.15) is 0 Å². The maximum atomic E-state index is 6.39. The first-order valence-electron chi connectivity index (χ1n) is 8.57. The summed E-state index contributed by atoms with van der Waals surface area (Å²) in [5, 5.41) is 0. The van der Waals surface area contributed by atoms with E-state index in [9.17, 15) is 0 Å². The molecule has 0 N–H and O–H groups in total. The highest BCUT2D eigenvalue weighted by Crippen LogP contribution is 2.33. The van der Waals surface area contributed by atoms with E-state index in [1.807, 2.05) is 6.07 Å². The lowest BCUT2D eigenvalue weighted by atomic mass is 9.80. The van der Waals surface area contributed by atoms with E-state index in [1.165, 1.54) is 37.7 Å². The molecule has 0 heterocycles. The van der Waals surface area contributed by atoms with Gasteiger partial charge in [0.15, 0.2) is 6.29 Å². The van der Waals surface area contributed by atoms with Crippen LogP contribution in [0.3, 0.4) is 0 Å². The van der Waals surface area contributed by atoms with Crippen molar-refractivity contribution in [3.8, 4) is 0 Å². The Labute approximate surface area is 148 Å². The topological polar surface area (TPSA) is 27.7 Å². The molecule has 2 rings (SSSR count). The van der Waals surface area contributed by atoms with Gasteiger partial charge in [0.25, 0.3) is 0 Å². The lowest BCUT2D eigenvalue weighted by Crippen LogP contribution is -2.39. The molecule has 0 saturated heterocycles. The molecule has 0 amide bonds. The van der Waals surface area contributed by atoms with Gasteiger partial charge in [0, 0.05) is 24.6 Å². The fraction of sp³-hybridized carbons (Fsp3) is 0.684. The number of rotatable bonds is 8. The summed E-state index contributed by atoms with van der Waals surface area (Å²) in [4.78, 5) is 0. The molecular weight excluding hydrogens is 356 g/mol. The maximum Gasteiger partial charge on any atom is 0.161 e. The Balaban J connectivity index is 2.05. The van der Waals surface area contributed by atoms with Crippen molar-refractivity contribution >= 4 is 15.9 Å². The lowest BCUT2D eigenvalue weighted by molar-refractivity contribution is -0.177. The molecule has 0 unspecified atom stereocenters. The highest BCUT2D eigenvalue weighted by molar-refractivity contribution is 9.10. The molecule has 0 aromatic heterocycles. The number of benzene rings is 1. The van der Waals surface area contributed by atoms with Crippen molar-refractivity contribution in [3.05, 3.63) is 34.3 Å². The summed E-state index contributed by atoms with van der Waals surface area (Å²) in [5.74, 6) is 0.805. The van der Waals surface area contributed by atoms with Crippen LogP contribution in [-0.2, 0) is 20.8 Å². The van der Waals surface area contributed by atoms with E-state index in [0.717, 1.165) is 4.47 Å². The minimum atomic E-state index is -0.218. The van der Waals surface area contributed by atoms with Crippen molar-refractivity contribution in [1.29, 1.82) is 0 Å². The van der Waals surface area contributed by atoms with E-state index >= 15 is 0 Å². The largest absolute Gasteiger partial charge is 0.373 e. The Morgan fingerprint density at radius 1 is 1.13 bits per heavy atom. The molecule has 2 atom stereocenters. The maximum absolute atomic E-state index is 6.39. The standard InChI is InChI=1S/C19H29BrO3/c1-14(19(21-2)22-3)18(16-9-5-4-6-10-16)23-13-15-8-7-11-17(20)12-15/h7-8,11-12,14,16,18-19H,4-6,9-10,13H2,1-3H3/t14-,18-/m0/s1. The third-order valence-corrected chi connectivity index (χ3v) is 5.35. The number of methoxy groups -OCH3 is 2. The van der Waals surface area contributed by atoms with Crippen molar-refractivity contribution in [3.63, 3.8) is 0 Å². The monoisotopic (exact) mass is 384 g/mol. The molecule has 0 bridgehead atoms. The summed E-state index contributed by atoms with van der Waals surface area (Å²) in [7, 11) is 3.41. The van der Waals surface area contributed by atoms with Gasteiger partial charge in [-0.3, -0.25) is 0 Å². The first-order chi connectivity index (χ1) is 11.2. The Morgan fingerprint density at radius 2 is 1.83 bits per heavy atom. The summed E-state index contributed by atoms with van der Waals surface area (Å²) in [6.45, 7) is 2.81. The summed E-state index contributed by atoms with van der Waals surface area (Å²) in [6.07, 6.45) is 6.39. The summed E-state index contributed by atoms with van der Waals surface area (Å²) in [5.41, 5.74) is 1.19. The second-order valence-electron chi connectivity index (χ2n) is 6.50. The van der Waals surface area contributed by atoms with Crippen LogP contribution in [0.5, 0.6) is 0 Å². The number of halogens is 1. The van der Waals surface area contributed by atoms with Gasteiger partial charge in [-0.1, -0.05) is 54.2 Å². The van der Waals surface area contributed by atoms with Gasteiger partial charge >= 0.3 is 0 Å². The van der Waals surface area contributed by atoms with Crippen molar-refractivity contribution < 1.29 is 14.2 Å². The number of hydrogen-bond donors (Lipinski definition) is 0. The van der Waals surface area contributed by atoms with E-state index in [4.69, 9.17) is 14.2 Å². The Hall–Kier alpha value is -0.420. The second kappa shape index (κ2) is 9.77. The van der Waals surface area contributed by atoms with Crippen LogP contribution in [-0.4, -0.2) is 26.6 Å². The van der Waals surface area contributed by atoms with Crippen LogP contribution in [0.2, 0.25) is 0 Å². The van der Waals surface area contributed by atoms with E-state index in [0.29, 0.717) is 12.5 Å². The molecule has 1 fully saturated rings. The third-order valence-electron chi connectivity index (χ3n) is 4.86. The van der Waals surface area contributed by atoms with E-state index in [-0.39, 0.29) is 18.3 Å². The molecule has 3 nitrogen and oxygen atoms in total. The second-order valence-corrected chi connectivity index (χ2v) is 7.42. The van der Waals surface area contributed by atoms with Crippen LogP contribution >= 0.6 is 15.9 Å². The molecule has 23 heavy (non-hydrogen) atoms. The van der Waals surface area contributed by atoms with Gasteiger partial charge < -0.3 is 14.2 Å². The molecule has 1 saturated carbocycles. The van der Waals surface area contributed by atoms with E-state index in [2.05, 4.69) is 41.1 Å². The molecular formula is C19H29BrO3. The third kappa shape index (κ3) is 5.56. The molecule has 1 aromatic rings. The molecule has 1 aromatic carbocycles. The average Bonchev–Trinajstić information content (AvgIpc) is 2.57. The van der Waals surface area contributed by atoms with Crippen LogP contribution < -0.4 is 0 Å². The average molecular weight is 385 g/mol. The van der Waals surface area contributed by atoms with Gasteiger partial charge in [-0.15, -0.1) is 0 Å². The van der Waals surface area contributed by atoms with Gasteiger partial charge in [-0.05, 0) is 36.5 Å². The summed E-state index contributed by atoms with van der Waals surface area (Å²) >= 11 is 3.52. The quantitative estimate of drug-likeness (QED) is 0.578. The Morgan fingerprint density at radius 3 is 2.43 bits per heavy atom. The smallest absolute Gasteiger partial charge is 0.161 e. The minimum Gasteiger partial charge on any atom is -0.373 e. The molecule has 0 aliphatic heterocycles. The molecule has 130 valence electrons. The van der Waals surface area contributed by atoms with Gasteiger partial charge in [0.1, 0.15) is 0 Å². The van der Waals surface area contributed by atoms with Crippen molar-refractivity contribution in [2.75, 3.05) is 14.2 Å². The minimum absolute atomic E-state index is 0.166. The molecule has 1 aliphatic carbocycles.